The van der Waals surface area contributed by atoms with Crippen LogP contribution in [0.5, 0.6) is 0 Å². The van der Waals surface area contributed by atoms with Gasteiger partial charge in [0.05, 0.1) is 22.0 Å². The van der Waals surface area contributed by atoms with E-state index in [4.69, 9.17) is 0 Å². The number of hydrogen-bond donors (Lipinski definition) is 1. The van der Waals surface area contributed by atoms with Gasteiger partial charge in [-0.3, -0.25) is 20.0 Å². The van der Waals surface area contributed by atoms with Crippen LogP contribution in [0.15, 0.2) is 62.9 Å². The minimum absolute atomic E-state index is 0.0194. The quantitative estimate of drug-likeness (QED) is 0.252. The topological polar surface area (TPSA) is 119 Å². The van der Waals surface area contributed by atoms with Crippen molar-refractivity contribution in [2.75, 3.05) is 0 Å². The molecule has 4 aromatic rings. The van der Waals surface area contributed by atoms with E-state index in [1.807, 2.05) is 32.0 Å². The number of hydrogen-bond acceptors (Lipinski definition) is 7. The zero-order chi connectivity index (χ0) is 22.1. The Morgan fingerprint density at radius 2 is 1.94 bits per heavy atom. The van der Waals surface area contributed by atoms with E-state index in [2.05, 4.69) is 20.3 Å². The molecular weight excluding hydrogens is 416 g/mol. The smallest absolute Gasteiger partial charge is 0.291 e. The number of nitro groups is 1. The van der Waals surface area contributed by atoms with Gasteiger partial charge in [-0.05, 0) is 32.4 Å². The van der Waals surface area contributed by atoms with Crippen molar-refractivity contribution in [1.29, 1.82) is 0 Å². The Balaban J connectivity index is 1.67. The van der Waals surface area contributed by atoms with E-state index in [0.717, 1.165) is 11.1 Å². The normalized spacial score (nSPS) is 11.3. The second kappa shape index (κ2) is 8.07. The first kappa shape index (κ1) is 20.4. The molecule has 156 valence electrons. The molecular formula is C21H18N6O3S. The molecule has 2 aromatic heterocycles. The summed E-state index contributed by atoms with van der Waals surface area (Å²) in [4.78, 5) is 27.9. The summed E-state index contributed by atoms with van der Waals surface area (Å²) in [5, 5.41) is 24.5. The first-order valence-electron chi connectivity index (χ1n) is 9.35. The molecule has 0 bridgehead atoms. The highest BCUT2D eigenvalue weighted by Gasteiger charge is 2.16. The second-order valence-corrected chi connectivity index (χ2v) is 7.88. The first-order valence-corrected chi connectivity index (χ1v) is 10.2. The highest BCUT2D eigenvalue weighted by atomic mass is 32.1. The van der Waals surface area contributed by atoms with E-state index in [1.165, 1.54) is 28.2 Å². The predicted molar refractivity (Wildman–Crippen MR) is 119 cm³/mol. The highest BCUT2D eigenvalue weighted by Crippen LogP contribution is 2.27. The number of nitro benzene ring substituents is 1. The Hall–Kier alpha value is -3.92. The lowest BCUT2D eigenvalue weighted by Crippen LogP contribution is -2.13. The van der Waals surface area contributed by atoms with E-state index in [-0.39, 0.29) is 16.9 Å². The van der Waals surface area contributed by atoms with Gasteiger partial charge in [0.2, 0.25) is 5.13 Å². The number of benzene rings is 2. The van der Waals surface area contributed by atoms with Crippen LogP contribution in [0.3, 0.4) is 0 Å². The second-order valence-electron chi connectivity index (χ2n) is 7.04. The van der Waals surface area contributed by atoms with Gasteiger partial charge >= 0.3 is 5.56 Å². The molecule has 9 nitrogen and oxygen atoms in total. The van der Waals surface area contributed by atoms with Gasteiger partial charge in [-0.15, -0.1) is 16.5 Å². The van der Waals surface area contributed by atoms with E-state index in [1.54, 1.807) is 24.4 Å². The fraction of sp³-hybridized carbons (Fsp3) is 0.143. The summed E-state index contributed by atoms with van der Waals surface area (Å²) in [5.41, 5.74) is 4.31. The van der Waals surface area contributed by atoms with E-state index < -0.39 is 4.92 Å². The molecule has 0 aliphatic rings. The number of H-pyrrole nitrogens is 1. The van der Waals surface area contributed by atoms with Gasteiger partial charge in [-0.25, -0.2) is 4.98 Å². The van der Waals surface area contributed by atoms with Crippen LogP contribution in [0.4, 0.5) is 17.1 Å². The van der Waals surface area contributed by atoms with Crippen LogP contribution in [0.2, 0.25) is 0 Å². The lowest BCUT2D eigenvalue weighted by atomic mass is 10.1. The summed E-state index contributed by atoms with van der Waals surface area (Å²) in [7, 11) is 0. The largest absolute Gasteiger partial charge is 0.301 e. The molecule has 0 aliphatic carbocycles. The summed E-state index contributed by atoms with van der Waals surface area (Å²) < 4.78 is 1.30. The van der Waals surface area contributed by atoms with Crippen LogP contribution >= 0.6 is 11.3 Å². The Labute approximate surface area is 180 Å². The van der Waals surface area contributed by atoms with Crippen molar-refractivity contribution in [3.63, 3.8) is 0 Å². The summed E-state index contributed by atoms with van der Waals surface area (Å²) in [6.07, 6.45) is 0. The van der Waals surface area contributed by atoms with Gasteiger partial charge in [0.1, 0.15) is 0 Å². The molecule has 0 unspecified atom stereocenters. The zero-order valence-corrected chi connectivity index (χ0v) is 17.8. The third-order valence-corrected chi connectivity index (χ3v) is 5.51. The number of nitrogens with one attached hydrogen (secondary N) is 1. The monoisotopic (exact) mass is 434 g/mol. The maximum Gasteiger partial charge on any atom is 0.301 e. The molecule has 4 rings (SSSR count). The molecule has 0 amide bonds. The number of aromatic nitrogens is 3. The van der Waals surface area contributed by atoms with Gasteiger partial charge in [0, 0.05) is 23.1 Å². The van der Waals surface area contributed by atoms with Crippen molar-refractivity contribution in [2.45, 2.75) is 20.8 Å². The predicted octanol–water partition coefficient (Wildman–Crippen LogP) is 5.54. The van der Waals surface area contributed by atoms with Crippen LogP contribution in [0.1, 0.15) is 16.8 Å². The number of thiazole rings is 1. The van der Waals surface area contributed by atoms with E-state index >= 15 is 0 Å². The third-order valence-electron chi connectivity index (χ3n) is 4.69. The fourth-order valence-electron chi connectivity index (χ4n) is 3.09. The van der Waals surface area contributed by atoms with Crippen molar-refractivity contribution >= 4 is 28.4 Å². The number of non-ortho nitro benzene ring substituents is 1. The van der Waals surface area contributed by atoms with Gasteiger partial charge in [0.25, 0.3) is 5.69 Å². The molecule has 10 heteroatoms. The van der Waals surface area contributed by atoms with Crippen LogP contribution in [0.25, 0.3) is 16.4 Å². The molecule has 1 N–H and O–H groups in total. The molecule has 0 radical (unpaired) electrons. The summed E-state index contributed by atoms with van der Waals surface area (Å²) >= 11 is 1.24. The van der Waals surface area contributed by atoms with Gasteiger partial charge in [0.15, 0.2) is 5.69 Å². The van der Waals surface area contributed by atoms with Crippen molar-refractivity contribution in [2.24, 2.45) is 10.2 Å². The van der Waals surface area contributed by atoms with Crippen molar-refractivity contribution in [3.8, 4) is 16.4 Å². The van der Waals surface area contributed by atoms with Gasteiger partial charge in [-0.2, -0.15) is 9.80 Å². The number of aryl methyl sites for hydroxylation is 3. The number of rotatable bonds is 5. The minimum Gasteiger partial charge on any atom is -0.291 e. The maximum atomic E-state index is 12.9. The molecule has 0 spiro atoms. The molecule has 0 saturated heterocycles. The van der Waals surface area contributed by atoms with Crippen LogP contribution in [-0.2, 0) is 0 Å². The minimum atomic E-state index is -0.456. The van der Waals surface area contributed by atoms with Crippen LogP contribution in [0, 0.1) is 30.9 Å². The standard InChI is InChI=1S/C21H18N6O3S/c1-12-7-8-17(13(2)9-12)23-24-19-14(3)25-26(20(19)28)21-22-18(11-31-21)15-5-4-6-16(10-15)27(29)30/h4-11,25H,1-3H3. The molecule has 0 fully saturated rings. The van der Waals surface area contributed by atoms with Crippen LogP contribution in [-0.4, -0.2) is 19.7 Å². The highest BCUT2D eigenvalue weighted by molar-refractivity contribution is 7.12. The van der Waals surface area contributed by atoms with E-state index in [0.29, 0.717) is 27.8 Å². The molecule has 31 heavy (non-hydrogen) atoms. The first-order chi connectivity index (χ1) is 14.8. The average Bonchev–Trinajstić information content (AvgIpc) is 3.33. The molecule has 2 aromatic carbocycles. The Morgan fingerprint density at radius 3 is 2.68 bits per heavy atom. The lowest BCUT2D eigenvalue weighted by Gasteiger charge is -1.99. The third kappa shape index (κ3) is 4.05. The Morgan fingerprint density at radius 1 is 1.13 bits per heavy atom. The fourth-order valence-corrected chi connectivity index (χ4v) is 3.88. The summed E-state index contributed by atoms with van der Waals surface area (Å²) in [5.74, 6) is 0. The molecule has 2 heterocycles. The number of aromatic amines is 1. The lowest BCUT2D eigenvalue weighted by molar-refractivity contribution is -0.384. The van der Waals surface area contributed by atoms with E-state index in [9.17, 15) is 14.9 Å². The zero-order valence-electron chi connectivity index (χ0n) is 17.0. The number of azo groups is 1. The van der Waals surface area contributed by atoms with Gasteiger partial charge in [-0.1, -0.05) is 29.8 Å². The Kier molecular flexibility index (Phi) is 5.30. The van der Waals surface area contributed by atoms with Gasteiger partial charge < -0.3 is 0 Å². The van der Waals surface area contributed by atoms with Crippen molar-refractivity contribution in [3.05, 3.63) is 85.1 Å². The summed E-state index contributed by atoms with van der Waals surface area (Å²) in [6.45, 7) is 5.68. The molecule has 0 aliphatic heterocycles. The van der Waals surface area contributed by atoms with Crippen molar-refractivity contribution < 1.29 is 4.92 Å². The maximum absolute atomic E-state index is 12.9. The molecule has 0 saturated carbocycles. The average molecular weight is 434 g/mol. The molecule has 0 atom stereocenters. The van der Waals surface area contributed by atoms with Crippen LogP contribution < -0.4 is 5.56 Å². The number of nitrogens with zero attached hydrogens (tertiary/aromatic N) is 5. The summed E-state index contributed by atoms with van der Waals surface area (Å²) in [6, 6.07) is 12.0. The van der Waals surface area contributed by atoms with Crippen molar-refractivity contribution in [1.82, 2.24) is 14.8 Å². The SMILES string of the molecule is Cc1ccc(N=Nc2c(C)[nH]n(-c3nc(-c4cccc([N+](=O)[O-])c4)cs3)c2=O)c(C)c1. The Bertz CT molecular complexity index is 1380.